The molecule has 3 N–H and O–H groups in total. The van der Waals surface area contributed by atoms with Crippen LogP contribution in [0.2, 0.25) is 0 Å². The lowest BCUT2D eigenvalue weighted by Crippen LogP contribution is -2.34. The molecule has 0 saturated carbocycles. The molecule has 4 rings (SSSR count). The molecule has 2 aromatic rings. The Bertz CT molecular complexity index is 799. The molecule has 7 nitrogen and oxygen atoms in total. The second-order valence-electron chi connectivity index (χ2n) is 6.09. The van der Waals surface area contributed by atoms with Crippen LogP contribution in [0.5, 0.6) is 11.8 Å². The van der Waals surface area contributed by atoms with Gasteiger partial charge in [0.2, 0.25) is 11.8 Å². The number of carbonyl (C=O) groups excluding carboxylic acids is 1. The summed E-state index contributed by atoms with van der Waals surface area (Å²) in [5.74, 6) is -0.814. The number of benzene rings is 1. The average Bonchev–Trinajstić information content (AvgIpc) is 3.16. The molecule has 2 aliphatic rings. The number of fused-ring (bicyclic) bond motifs is 5. The van der Waals surface area contributed by atoms with Gasteiger partial charge in [-0.2, -0.15) is 0 Å². The number of hydrogen-bond acceptors (Lipinski definition) is 6. The van der Waals surface area contributed by atoms with Gasteiger partial charge in [0.05, 0.1) is 17.7 Å². The maximum Gasteiger partial charge on any atom is 0.303 e. The molecule has 1 fully saturated rings. The number of aliphatic hydroxyl groups is 1. The van der Waals surface area contributed by atoms with Crippen LogP contribution in [0.25, 0.3) is 0 Å². The Balaban J connectivity index is 1.73. The normalized spacial score (nSPS) is 27.2. The molecular formula is C17H17NO6. The first-order valence-corrected chi connectivity index (χ1v) is 7.68. The summed E-state index contributed by atoms with van der Waals surface area (Å²) in [6, 6.07) is 9.38. The van der Waals surface area contributed by atoms with E-state index in [0.29, 0.717) is 11.1 Å². The van der Waals surface area contributed by atoms with Crippen LogP contribution < -0.4 is 0 Å². The van der Waals surface area contributed by atoms with Crippen LogP contribution in [0, 0.1) is 0 Å². The molecule has 0 aliphatic carbocycles. The second kappa shape index (κ2) is 5.25. The van der Waals surface area contributed by atoms with Gasteiger partial charge >= 0.3 is 5.97 Å². The number of esters is 1. The number of nitrogens with zero attached hydrogens (tertiary/aromatic N) is 1. The highest BCUT2D eigenvalue weighted by Gasteiger charge is 2.58. The van der Waals surface area contributed by atoms with Crippen molar-refractivity contribution in [1.29, 1.82) is 0 Å². The third-order valence-corrected chi connectivity index (χ3v) is 4.58. The zero-order valence-electron chi connectivity index (χ0n) is 12.9. The fourth-order valence-electron chi connectivity index (χ4n) is 3.57. The van der Waals surface area contributed by atoms with Gasteiger partial charge in [-0.15, -0.1) is 0 Å². The van der Waals surface area contributed by atoms with Crippen LogP contribution in [0.3, 0.4) is 0 Å². The summed E-state index contributed by atoms with van der Waals surface area (Å²) in [5.41, 5.74) is 1.65. The van der Waals surface area contributed by atoms with E-state index in [-0.39, 0.29) is 18.3 Å². The molecule has 2 aliphatic heterocycles. The number of carbonyl (C=O) groups is 1. The molecule has 1 aromatic heterocycles. The van der Waals surface area contributed by atoms with Gasteiger partial charge in [0.25, 0.3) is 0 Å². The van der Waals surface area contributed by atoms with E-state index in [9.17, 15) is 20.1 Å². The zero-order valence-corrected chi connectivity index (χ0v) is 12.9. The van der Waals surface area contributed by atoms with Crippen LogP contribution in [0.1, 0.15) is 35.8 Å². The van der Waals surface area contributed by atoms with Crippen molar-refractivity contribution in [2.45, 2.75) is 37.9 Å². The van der Waals surface area contributed by atoms with Crippen molar-refractivity contribution in [3.8, 4) is 11.8 Å². The minimum atomic E-state index is -1.08. The van der Waals surface area contributed by atoms with Gasteiger partial charge in [-0.05, 0) is 5.56 Å². The predicted molar refractivity (Wildman–Crippen MR) is 81.4 cm³/mol. The van der Waals surface area contributed by atoms with E-state index in [1.807, 2.05) is 30.3 Å². The van der Waals surface area contributed by atoms with Gasteiger partial charge in [-0.3, -0.25) is 9.36 Å². The van der Waals surface area contributed by atoms with Gasteiger partial charge in [-0.25, -0.2) is 0 Å². The summed E-state index contributed by atoms with van der Waals surface area (Å²) >= 11 is 0. The molecule has 1 aromatic carbocycles. The zero-order chi connectivity index (χ0) is 17.0. The molecule has 1 saturated heterocycles. The Kier molecular flexibility index (Phi) is 3.29. The topological polar surface area (TPSA) is 101 Å². The SMILES string of the molecule is CC(=O)OC1C2OC(c3c2c(O)n(Cc2ccccc2)c3O)C1O. The second-order valence-corrected chi connectivity index (χ2v) is 6.09. The van der Waals surface area contributed by atoms with E-state index in [4.69, 9.17) is 9.47 Å². The summed E-state index contributed by atoms with van der Waals surface area (Å²) in [5, 5.41) is 31.3. The van der Waals surface area contributed by atoms with Crippen molar-refractivity contribution in [1.82, 2.24) is 4.57 Å². The molecule has 126 valence electrons. The van der Waals surface area contributed by atoms with E-state index in [1.54, 1.807) is 0 Å². The number of rotatable bonds is 3. The van der Waals surface area contributed by atoms with E-state index in [1.165, 1.54) is 11.5 Å². The summed E-state index contributed by atoms with van der Waals surface area (Å²) in [7, 11) is 0. The lowest BCUT2D eigenvalue weighted by Gasteiger charge is -2.23. The fourth-order valence-corrected chi connectivity index (χ4v) is 3.57. The molecule has 4 unspecified atom stereocenters. The Labute approximate surface area is 137 Å². The third-order valence-electron chi connectivity index (χ3n) is 4.58. The van der Waals surface area contributed by atoms with Crippen molar-refractivity contribution in [3.63, 3.8) is 0 Å². The Morgan fingerprint density at radius 2 is 1.79 bits per heavy atom. The number of aliphatic hydroxyl groups excluding tert-OH is 1. The largest absolute Gasteiger partial charge is 0.494 e. The number of ether oxygens (including phenoxy) is 2. The van der Waals surface area contributed by atoms with E-state index in [0.717, 1.165) is 5.56 Å². The highest BCUT2D eigenvalue weighted by molar-refractivity contribution is 5.67. The predicted octanol–water partition coefficient (Wildman–Crippen LogP) is 1.37. The minimum Gasteiger partial charge on any atom is -0.494 e. The third kappa shape index (κ3) is 2.02. The van der Waals surface area contributed by atoms with Crippen molar-refractivity contribution in [3.05, 3.63) is 47.0 Å². The van der Waals surface area contributed by atoms with Crippen molar-refractivity contribution in [2.24, 2.45) is 0 Å². The highest BCUT2D eigenvalue weighted by atomic mass is 16.6. The number of hydrogen-bond donors (Lipinski definition) is 3. The molecule has 0 radical (unpaired) electrons. The highest BCUT2D eigenvalue weighted by Crippen LogP contribution is 2.58. The first kappa shape index (κ1) is 15.0. The number of aromatic nitrogens is 1. The Hall–Kier alpha value is -2.51. The lowest BCUT2D eigenvalue weighted by molar-refractivity contribution is -0.153. The van der Waals surface area contributed by atoms with Gasteiger partial charge in [-0.1, -0.05) is 30.3 Å². The van der Waals surface area contributed by atoms with Gasteiger partial charge in [0, 0.05) is 6.92 Å². The molecule has 0 spiro atoms. The van der Waals surface area contributed by atoms with Crippen LogP contribution in [-0.4, -0.2) is 38.1 Å². The monoisotopic (exact) mass is 331 g/mol. The maximum atomic E-state index is 11.2. The van der Waals surface area contributed by atoms with Crippen LogP contribution >= 0.6 is 0 Å². The van der Waals surface area contributed by atoms with Gasteiger partial charge < -0.3 is 24.8 Å². The minimum absolute atomic E-state index is 0.136. The molecule has 24 heavy (non-hydrogen) atoms. The Morgan fingerprint density at radius 3 is 2.42 bits per heavy atom. The van der Waals surface area contributed by atoms with Crippen molar-refractivity contribution in [2.75, 3.05) is 0 Å². The molecule has 7 heteroatoms. The maximum absolute atomic E-state index is 11.2. The smallest absolute Gasteiger partial charge is 0.303 e. The van der Waals surface area contributed by atoms with Gasteiger partial charge in [0.1, 0.15) is 18.3 Å². The van der Waals surface area contributed by atoms with Gasteiger partial charge in [0.15, 0.2) is 6.10 Å². The summed E-state index contributed by atoms with van der Waals surface area (Å²) in [6.07, 6.45) is -3.58. The molecule has 3 heterocycles. The summed E-state index contributed by atoms with van der Waals surface area (Å²) < 4.78 is 12.1. The molecular weight excluding hydrogens is 314 g/mol. The fraction of sp³-hybridized carbons (Fsp3) is 0.353. The number of aromatic hydroxyl groups is 2. The molecule has 0 amide bonds. The van der Waals surface area contributed by atoms with Crippen molar-refractivity contribution < 1.29 is 29.6 Å². The average molecular weight is 331 g/mol. The first-order chi connectivity index (χ1) is 11.5. The van der Waals surface area contributed by atoms with E-state index < -0.39 is 30.4 Å². The molecule has 4 atom stereocenters. The van der Waals surface area contributed by atoms with Crippen LogP contribution in [0.4, 0.5) is 0 Å². The quantitative estimate of drug-likeness (QED) is 0.734. The standard InChI is InChI=1S/C17H17NO6/c1-8(19)23-15-12(20)13-10-11(14(15)24-13)17(22)18(16(10)21)7-9-5-3-2-4-6-9/h2-6,12-15,20-22H,7H2,1H3. The summed E-state index contributed by atoms with van der Waals surface area (Å²) in [4.78, 5) is 11.2. The van der Waals surface area contributed by atoms with E-state index >= 15 is 0 Å². The van der Waals surface area contributed by atoms with Crippen LogP contribution in [-0.2, 0) is 20.8 Å². The first-order valence-electron chi connectivity index (χ1n) is 7.68. The van der Waals surface area contributed by atoms with Crippen LogP contribution in [0.15, 0.2) is 30.3 Å². The molecule has 2 bridgehead atoms. The Morgan fingerprint density at radius 1 is 1.17 bits per heavy atom. The summed E-state index contributed by atoms with van der Waals surface area (Å²) in [6.45, 7) is 1.52. The lowest BCUT2D eigenvalue weighted by atomic mass is 9.90. The van der Waals surface area contributed by atoms with E-state index in [2.05, 4.69) is 0 Å². The van der Waals surface area contributed by atoms with Crippen molar-refractivity contribution >= 4 is 5.97 Å².